The van der Waals surface area contributed by atoms with E-state index in [0.717, 1.165) is 23.4 Å². The number of anilines is 1. The maximum Gasteiger partial charge on any atom is 0.330 e. The zero-order chi connectivity index (χ0) is 14.0. The molecule has 0 unspecified atom stereocenters. The molecule has 0 bridgehead atoms. The topological polar surface area (TPSA) is 63.7 Å². The van der Waals surface area contributed by atoms with Gasteiger partial charge in [0.15, 0.2) is 5.78 Å². The van der Waals surface area contributed by atoms with Crippen molar-refractivity contribution < 1.29 is 19.1 Å². The van der Waals surface area contributed by atoms with Crippen LogP contribution in [0.2, 0.25) is 0 Å². The average Bonchev–Trinajstić information content (AvgIpc) is 2.70. The first kappa shape index (κ1) is 13.0. The quantitative estimate of drug-likeness (QED) is 0.463. The summed E-state index contributed by atoms with van der Waals surface area (Å²) in [7, 11) is 2.95. The van der Waals surface area contributed by atoms with Crippen molar-refractivity contribution in [3.8, 4) is 0 Å². The van der Waals surface area contributed by atoms with Gasteiger partial charge in [0.05, 0.1) is 13.5 Å². The molecule has 0 spiro atoms. The predicted octanol–water partition coefficient (Wildman–Crippen LogP) is 1.12. The van der Waals surface area contributed by atoms with Crippen LogP contribution in [0.15, 0.2) is 30.4 Å². The van der Waals surface area contributed by atoms with Gasteiger partial charge in [0, 0.05) is 24.4 Å². The van der Waals surface area contributed by atoms with Crippen LogP contribution in [0.3, 0.4) is 0 Å². The maximum absolute atomic E-state index is 11.8. The minimum absolute atomic E-state index is 0.00435. The monoisotopic (exact) mass is 259 g/mol. The van der Waals surface area contributed by atoms with Crippen molar-refractivity contribution in [1.82, 2.24) is 0 Å². The van der Waals surface area contributed by atoms with Gasteiger partial charge in [-0.05, 0) is 29.8 Å². The molecular formula is C14H13NO4. The van der Waals surface area contributed by atoms with Gasteiger partial charge in [-0.25, -0.2) is 4.79 Å². The number of amides is 1. The second-order valence-electron chi connectivity index (χ2n) is 4.19. The van der Waals surface area contributed by atoms with E-state index in [-0.39, 0.29) is 11.7 Å². The molecule has 2 rings (SSSR count). The van der Waals surface area contributed by atoms with Crippen LogP contribution < -0.4 is 4.90 Å². The summed E-state index contributed by atoms with van der Waals surface area (Å²) in [5.41, 5.74) is 2.09. The second-order valence-corrected chi connectivity index (χ2v) is 4.19. The first-order chi connectivity index (χ1) is 9.02. The van der Waals surface area contributed by atoms with Crippen molar-refractivity contribution in [2.24, 2.45) is 0 Å². The number of allylic oxidation sites excluding steroid dienone is 1. The van der Waals surface area contributed by atoms with Crippen molar-refractivity contribution in [3.05, 3.63) is 41.5 Å². The van der Waals surface area contributed by atoms with E-state index in [1.165, 1.54) is 7.11 Å². The Labute approximate surface area is 110 Å². The highest BCUT2D eigenvalue weighted by Gasteiger charge is 2.24. The smallest absolute Gasteiger partial charge is 0.330 e. The number of nitrogens with zero attached hydrogens (tertiary/aromatic N) is 1. The minimum atomic E-state index is -0.579. The molecule has 0 saturated carbocycles. The van der Waals surface area contributed by atoms with Crippen molar-refractivity contribution in [2.45, 2.75) is 6.42 Å². The Hall–Kier alpha value is -2.43. The van der Waals surface area contributed by atoms with Gasteiger partial charge >= 0.3 is 5.97 Å². The van der Waals surface area contributed by atoms with E-state index in [2.05, 4.69) is 4.74 Å². The number of hydrogen-bond donors (Lipinski definition) is 0. The van der Waals surface area contributed by atoms with E-state index in [9.17, 15) is 14.4 Å². The van der Waals surface area contributed by atoms with E-state index < -0.39 is 5.97 Å². The zero-order valence-electron chi connectivity index (χ0n) is 10.7. The molecule has 0 saturated heterocycles. The van der Waals surface area contributed by atoms with Gasteiger partial charge in [0.2, 0.25) is 5.91 Å². The normalized spacial score (nSPS) is 13.8. The van der Waals surface area contributed by atoms with Crippen LogP contribution in [0, 0.1) is 0 Å². The summed E-state index contributed by atoms with van der Waals surface area (Å²) in [6.07, 6.45) is 2.54. The fourth-order valence-electron chi connectivity index (χ4n) is 1.93. The number of likely N-dealkylation sites (N-methyl/N-ethyl adjacent to an activating group) is 1. The standard InChI is InChI=1S/C14H13NO4/c1-15-11-4-3-9(7-10(11)8-13(15)17)12(16)5-6-14(18)19-2/h3-7H,8H2,1-2H3/b6-5+. The van der Waals surface area contributed by atoms with Gasteiger partial charge in [0.25, 0.3) is 0 Å². The number of benzene rings is 1. The first-order valence-corrected chi connectivity index (χ1v) is 5.72. The Bertz CT molecular complexity index is 589. The van der Waals surface area contributed by atoms with E-state index in [4.69, 9.17) is 0 Å². The summed E-state index contributed by atoms with van der Waals surface area (Å²) in [5, 5.41) is 0. The summed E-state index contributed by atoms with van der Waals surface area (Å²) < 4.78 is 4.41. The lowest BCUT2D eigenvalue weighted by Gasteiger charge is -2.09. The number of methoxy groups -OCH3 is 1. The molecule has 1 heterocycles. The Balaban J connectivity index is 2.22. The lowest BCUT2D eigenvalue weighted by atomic mass is 10.0. The Morgan fingerprint density at radius 2 is 2.05 bits per heavy atom. The van der Waals surface area contributed by atoms with Crippen LogP contribution in [0.4, 0.5) is 5.69 Å². The fraction of sp³-hybridized carbons (Fsp3) is 0.214. The van der Waals surface area contributed by atoms with Crippen LogP contribution in [0.1, 0.15) is 15.9 Å². The van der Waals surface area contributed by atoms with E-state index >= 15 is 0 Å². The highest BCUT2D eigenvalue weighted by Crippen LogP contribution is 2.28. The molecule has 0 aliphatic carbocycles. The van der Waals surface area contributed by atoms with Crippen LogP contribution in [0.25, 0.3) is 0 Å². The van der Waals surface area contributed by atoms with Gasteiger partial charge < -0.3 is 9.64 Å². The van der Waals surface area contributed by atoms with Crippen molar-refractivity contribution in [2.75, 3.05) is 19.1 Å². The molecule has 0 N–H and O–H groups in total. The molecule has 98 valence electrons. The number of hydrogen-bond acceptors (Lipinski definition) is 4. The number of carbonyl (C=O) groups excluding carboxylic acids is 3. The number of carbonyl (C=O) groups is 3. The Morgan fingerprint density at radius 3 is 2.74 bits per heavy atom. The Kier molecular flexibility index (Phi) is 3.46. The van der Waals surface area contributed by atoms with Gasteiger partial charge in [-0.1, -0.05) is 0 Å². The number of ketones is 1. The molecule has 0 radical (unpaired) electrons. The third-order valence-electron chi connectivity index (χ3n) is 3.01. The highest BCUT2D eigenvalue weighted by atomic mass is 16.5. The summed E-state index contributed by atoms with van der Waals surface area (Å²) in [4.78, 5) is 35.8. The number of fused-ring (bicyclic) bond motifs is 1. The Morgan fingerprint density at radius 1 is 1.32 bits per heavy atom. The molecule has 1 aromatic rings. The maximum atomic E-state index is 11.8. The van der Waals surface area contributed by atoms with Crippen LogP contribution in [0.5, 0.6) is 0 Å². The molecule has 5 nitrogen and oxygen atoms in total. The third-order valence-corrected chi connectivity index (χ3v) is 3.01. The van der Waals surface area contributed by atoms with Gasteiger partial charge in [0.1, 0.15) is 0 Å². The van der Waals surface area contributed by atoms with Gasteiger partial charge in [-0.2, -0.15) is 0 Å². The van der Waals surface area contributed by atoms with Crippen LogP contribution in [-0.4, -0.2) is 31.8 Å². The molecule has 19 heavy (non-hydrogen) atoms. The van der Waals surface area contributed by atoms with Crippen molar-refractivity contribution in [1.29, 1.82) is 0 Å². The largest absolute Gasteiger partial charge is 0.466 e. The molecule has 1 aromatic carbocycles. The second kappa shape index (κ2) is 5.06. The summed E-state index contributed by atoms with van der Waals surface area (Å²) in [6.45, 7) is 0. The number of esters is 1. The molecule has 1 aliphatic heterocycles. The molecule has 0 fully saturated rings. The van der Waals surface area contributed by atoms with E-state index in [1.54, 1.807) is 30.1 Å². The van der Waals surface area contributed by atoms with E-state index in [0.29, 0.717) is 12.0 Å². The number of ether oxygens (including phenoxy) is 1. The molecule has 0 atom stereocenters. The number of rotatable bonds is 3. The molecular weight excluding hydrogens is 246 g/mol. The average molecular weight is 259 g/mol. The molecule has 5 heteroatoms. The molecule has 0 aromatic heterocycles. The SMILES string of the molecule is COC(=O)/C=C/C(=O)c1ccc2c(c1)CC(=O)N2C. The third kappa shape index (κ3) is 2.54. The van der Waals surface area contributed by atoms with E-state index in [1.807, 2.05) is 0 Å². The summed E-state index contributed by atoms with van der Waals surface area (Å²) in [5.74, 6) is -0.871. The lowest BCUT2D eigenvalue weighted by molar-refractivity contribution is -0.134. The molecule has 1 amide bonds. The summed E-state index contributed by atoms with van der Waals surface area (Å²) in [6, 6.07) is 5.05. The van der Waals surface area contributed by atoms with Crippen molar-refractivity contribution >= 4 is 23.3 Å². The van der Waals surface area contributed by atoms with Gasteiger partial charge in [-0.3, -0.25) is 9.59 Å². The van der Waals surface area contributed by atoms with Crippen LogP contribution in [-0.2, 0) is 20.7 Å². The molecule has 1 aliphatic rings. The summed E-state index contributed by atoms with van der Waals surface area (Å²) >= 11 is 0. The van der Waals surface area contributed by atoms with Crippen LogP contribution >= 0.6 is 0 Å². The highest BCUT2D eigenvalue weighted by molar-refractivity contribution is 6.08. The predicted molar refractivity (Wildman–Crippen MR) is 69.0 cm³/mol. The zero-order valence-corrected chi connectivity index (χ0v) is 10.7. The first-order valence-electron chi connectivity index (χ1n) is 5.72. The van der Waals surface area contributed by atoms with Gasteiger partial charge in [-0.15, -0.1) is 0 Å². The lowest BCUT2D eigenvalue weighted by Crippen LogP contribution is -2.20. The van der Waals surface area contributed by atoms with Crippen molar-refractivity contribution in [3.63, 3.8) is 0 Å². The fourth-order valence-corrected chi connectivity index (χ4v) is 1.93. The minimum Gasteiger partial charge on any atom is -0.466 e.